The molecule has 4 aromatic rings. The Morgan fingerprint density at radius 2 is 2.04 bits per heavy atom. The number of hydrogen-bond donors (Lipinski definition) is 3. The van der Waals surface area contributed by atoms with Crippen LogP contribution < -0.4 is 11.3 Å². The van der Waals surface area contributed by atoms with Crippen LogP contribution in [0.2, 0.25) is 0 Å². The first-order valence-corrected chi connectivity index (χ1v) is 8.63. The monoisotopic (exact) mass is 335 g/mol. The fourth-order valence-corrected chi connectivity index (χ4v) is 4.11. The second-order valence-corrected chi connectivity index (χ2v) is 6.87. The number of amides is 1. The second kappa shape index (κ2) is 5.78. The van der Waals surface area contributed by atoms with Crippen molar-refractivity contribution in [2.24, 2.45) is 5.84 Å². The van der Waals surface area contributed by atoms with E-state index in [4.69, 9.17) is 5.84 Å². The smallest absolute Gasteiger partial charge is 0.265 e. The van der Waals surface area contributed by atoms with E-state index >= 15 is 0 Å². The Morgan fingerprint density at radius 3 is 2.79 bits per heavy atom. The molecule has 4 N–H and O–H groups in total. The van der Waals surface area contributed by atoms with Crippen LogP contribution in [0.3, 0.4) is 0 Å². The van der Waals surface area contributed by atoms with E-state index in [1.165, 1.54) is 16.0 Å². The van der Waals surface area contributed by atoms with Crippen LogP contribution in [0.15, 0.2) is 47.8 Å². The van der Waals surface area contributed by atoms with Crippen molar-refractivity contribution in [3.63, 3.8) is 0 Å². The summed E-state index contributed by atoms with van der Waals surface area (Å²) >= 11 is 1.76. The maximum atomic E-state index is 12.2. The van der Waals surface area contributed by atoms with Crippen LogP contribution in [0.4, 0.5) is 0 Å². The average molecular weight is 335 g/mol. The third kappa shape index (κ3) is 2.29. The van der Waals surface area contributed by atoms with E-state index in [0.29, 0.717) is 5.56 Å². The van der Waals surface area contributed by atoms with E-state index < -0.39 is 0 Å². The van der Waals surface area contributed by atoms with Gasteiger partial charge in [-0.1, -0.05) is 24.3 Å². The molecule has 0 saturated heterocycles. The van der Waals surface area contributed by atoms with Gasteiger partial charge in [-0.05, 0) is 41.6 Å². The average Bonchev–Trinajstić information content (AvgIpc) is 3.18. The zero-order valence-corrected chi connectivity index (χ0v) is 14.0. The van der Waals surface area contributed by atoms with Gasteiger partial charge in [0.1, 0.15) is 0 Å². The zero-order chi connectivity index (χ0) is 16.7. The molecule has 4 nitrogen and oxygen atoms in total. The zero-order valence-electron chi connectivity index (χ0n) is 13.2. The molecule has 0 fully saturated rings. The van der Waals surface area contributed by atoms with Crippen LogP contribution in [-0.2, 0) is 6.42 Å². The highest BCUT2D eigenvalue weighted by atomic mass is 32.1. The number of hydrogen-bond acceptors (Lipinski definition) is 3. The highest BCUT2D eigenvalue weighted by Crippen LogP contribution is 2.32. The lowest BCUT2D eigenvalue weighted by Crippen LogP contribution is -2.30. The van der Waals surface area contributed by atoms with Gasteiger partial charge in [0.15, 0.2) is 0 Å². The van der Waals surface area contributed by atoms with Crippen molar-refractivity contribution < 1.29 is 4.79 Å². The third-order valence-corrected chi connectivity index (χ3v) is 5.47. The Kier molecular flexibility index (Phi) is 3.59. The van der Waals surface area contributed by atoms with Crippen molar-refractivity contribution >= 4 is 39.0 Å². The van der Waals surface area contributed by atoms with Gasteiger partial charge in [0.2, 0.25) is 0 Å². The van der Waals surface area contributed by atoms with Gasteiger partial charge in [0.25, 0.3) is 5.91 Å². The summed E-state index contributed by atoms with van der Waals surface area (Å²) in [6, 6.07) is 14.0. The normalized spacial score (nSPS) is 11.2. The number of aryl methyl sites for hydroxylation is 1. The number of aromatic amines is 1. The van der Waals surface area contributed by atoms with Gasteiger partial charge in [-0.15, -0.1) is 11.3 Å². The minimum atomic E-state index is -0.274. The van der Waals surface area contributed by atoms with Crippen molar-refractivity contribution in [3.8, 4) is 0 Å². The van der Waals surface area contributed by atoms with E-state index in [-0.39, 0.29) is 5.91 Å². The van der Waals surface area contributed by atoms with Crippen molar-refractivity contribution in [1.29, 1.82) is 0 Å². The molecule has 0 saturated carbocycles. The first kappa shape index (κ1) is 14.9. The second-order valence-electron chi connectivity index (χ2n) is 5.87. The number of carbonyl (C=O) groups is 1. The van der Waals surface area contributed by atoms with E-state index in [9.17, 15) is 4.79 Å². The number of benzene rings is 2. The Balaban J connectivity index is 1.99. The largest absolute Gasteiger partial charge is 0.354 e. The molecule has 0 atom stereocenters. The maximum Gasteiger partial charge on any atom is 0.265 e. The quantitative estimate of drug-likeness (QED) is 0.302. The number of nitrogens with one attached hydrogen (secondary N) is 2. The van der Waals surface area contributed by atoms with Crippen LogP contribution in [0.1, 0.15) is 26.4 Å². The lowest BCUT2D eigenvalue weighted by molar-refractivity contribution is 0.0955. The van der Waals surface area contributed by atoms with Gasteiger partial charge < -0.3 is 4.98 Å². The highest BCUT2D eigenvalue weighted by Gasteiger charge is 2.17. The van der Waals surface area contributed by atoms with Gasteiger partial charge in [-0.2, -0.15) is 0 Å². The van der Waals surface area contributed by atoms with Gasteiger partial charge in [0.05, 0.1) is 11.1 Å². The molecule has 1 amide bonds. The molecule has 0 spiro atoms. The standard InChI is InChI=1S/C19H17N3OS/c1-11-8-9-24-16(11)10-12-6-7-14(19(23)22-20)17-13-4-2-3-5-15(13)21-18(12)17/h2-9,21H,10,20H2,1H3,(H,22,23). The fourth-order valence-electron chi connectivity index (χ4n) is 3.19. The highest BCUT2D eigenvalue weighted by molar-refractivity contribution is 7.10. The SMILES string of the molecule is Cc1ccsc1Cc1ccc(C(=O)NN)c2c1[nH]c1ccccc12. The lowest BCUT2D eigenvalue weighted by Gasteiger charge is -2.08. The first-order chi connectivity index (χ1) is 11.7. The predicted molar refractivity (Wildman–Crippen MR) is 99.3 cm³/mol. The fraction of sp³-hybridized carbons (Fsp3) is 0.105. The number of nitrogens with two attached hydrogens (primary N) is 1. The molecule has 2 aromatic carbocycles. The Hall–Kier alpha value is -2.63. The van der Waals surface area contributed by atoms with Crippen LogP contribution in [0.5, 0.6) is 0 Å². The number of H-pyrrole nitrogens is 1. The molecule has 0 aliphatic rings. The molecule has 0 aliphatic heterocycles. The van der Waals surface area contributed by atoms with Crippen molar-refractivity contribution in [3.05, 3.63) is 69.4 Å². The van der Waals surface area contributed by atoms with Gasteiger partial charge >= 0.3 is 0 Å². The summed E-state index contributed by atoms with van der Waals surface area (Å²) < 4.78 is 0. The summed E-state index contributed by atoms with van der Waals surface area (Å²) in [4.78, 5) is 17.0. The molecule has 24 heavy (non-hydrogen) atoms. The number of carbonyl (C=O) groups excluding carboxylic acids is 1. The van der Waals surface area contributed by atoms with Crippen molar-refractivity contribution in [2.75, 3.05) is 0 Å². The van der Waals surface area contributed by atoms with Gasteiger partial charge in [0, 0.05) is 27.6 Å². The number of para-hydroxylation sites is 1. The molecule has 120 valence electrons. The lowest BCUT2D eigenvalue weighted by atomic mass is 9.99. The maximum absolute atomic E-state index is 12.2. The van der Waals surface area contributed by atoms with Gasteiger partial charge in [-0.25, -0.2) is 5.84 Å². The molecule has 0 unspecified atom stereocenters. The van der Waals surface area contributed by atoms with E-state index in [1.54, 1.807) is 11.3 Å². The molecule has 0 aliphatic carbocycles. The molecule has 0 bridgehead atoms. The summed E-state index contributed by atoms with van der Waals surface area (Å²) in [5.74, 6) is 5.09. The summed E-state index contributed by atoms with van der Waals surface area (Å²) in [6.45, 7) is 2.13. The molecule has 0 radical (unpaired) electrons. The summed E-state index contributed by atoms with van der Waals surface area (Å²) in [6.07, 6.45) is 0.845. The van der Waals surface area contributed by atoms with Crippen LogP contribution >= 0.6 is 11.3 Å². The number of thiophene rings is 1. The predicted octanol–water partition coefficient (Wildman–Crippen LogP) is 3.89. The Morgan fingerprint density at radius 1 is 1.21 bits per heavy atom. The van der Waals surface area contributed by atoms with Gasteiger partial charge in [-0.3, -0.25) is 10.2 Å². The summed E-state index contributed by atoms with van der Waals surface area (Å²) in [5, 5.41) is 4.08. The van der Waals surface area contributed by atoms with Crippen LogP contribution in [-0.4, -0.2) is 10.9 Å². The molecular weight excluding hydrogens is 318 g/mol. The molecular formula is C19H17N3OS. The number of fused-ring (bicyclic) bond motifs is 3. The molecule has 2 heterocycles. The van der Waals surface area contributed by atoms with Crippen molar-refractivity contribution in [1.82, 2.24) is 10.4 Å². The Labute approximate surface area is 143 Å². The number of nitrogen functional groups attached to an aromatic ring is 1. The van der Waals surface area contributed by atoms with E-state index in [1.807, 2.05) is 36.4 Å². The summed E-state index contributed by atoms with van der Waals surface area (Å²) in [5.41, 5.74) is 7.35. The minimum absolute atomic E-state index is 0.274. The topological polar surface area (TPSA) is 70.9 Å². The van der Waals surface area contributed by atoms with E-state index in [2.05, 4.69) is 28.8 Å². The summed E-state index contributed by atoms with van der Waals surface area (Å²) in [7, 11) is 0. The van der Waals surface area contributed by atoms with Crippen molar-refractivity contribution in [2.45, 2.75) is 13.3 Å². The Bertz CT molecular complexity index is 1060. The third-order valence-electron chi connectivity index (χ3n) is 4.44. The van der Waals surface area contributed by atoms with Crippen LogP contribution in [0, 0.1) is 6.92 Å². The van der Waals surface area contributed by atoms with E-state index in [0.717, 1.165) is 28.2 Å². The minimum Gasteiger partial charge on any atom is -0.354 e. The number of hydrazine groups is 1. The molecule has 5 heteroatoms. The molecule has 4 rings (SSSR count). The first-order valence-electron chi connectivity index (χ1n) is 7.75. The number of aromatic nitrogens is 1. The van der Waals surface area contributed by atoms with Crippen LogP contribution in [0.25, 0.3) is 21.8 Å². The molecule has 2 aromatic heterocycles. The number of rotatable bonds is 3.